The van der Waals surface area contributed by atoms with Crippen molar-refractivity contribution in [2.24, 2.45) is 0 Å². The van der Waals surface area contributed by atoms with Crippen LogP contribution in [0, 0.1) is 0 Å². The van der Waals surface area contributed by atoms with E-state index in [4.69, 9.17) is 0 Å². The smallest absolute Gasteiger partial charge is 0.301 e. The van der Waals surface area contributed by atoms with Gasteiger partial charge < -0.3 is 5.32 Å². The molecule has 0 saturated carbocycles. The molecule has 0 bridgehead atoms. The number of rotatable bonds is 1. The molecule has 0 aromatic heterocycles. The van der Waals surface area contributed by atoms with Crippen LogP contribution in [0.25, 0.3) is 0 Å². The van der Waals surface area contributed by atoms with Gasteiger partial charge in [-0.25, -0.2) is 9.18 Å². The highest BCUT2D eigenvalue weighted by molar-refractivity contribution is 5.97. The van der Waals surface area contributed by atoms with Gasteiger partial charge in [0.15, 0.2) is 0 Å². The maximum atomic E-state index is 14.2. The first-order valence-corrected chi connectivity index (χ1v) is 4.47. The van der Waals surface area contributed by atoms with Gasteiger partial charge in [-0.2, -0.15) is 0 Å². The number of nitrogens with one attached hydrogen (secondary N) is 2. The van der Waals surface area contributed by atoms with Crippen molar-refractivity contribution in [3.8, 4) is 0 Å². The molecule has 1 fully saturated rings. The lowest BCUT2D eigenvalue weighted by Crippen LogP contribution is -2.56. The molecule has 78 valence electrons. The Labute approximate surface area is 85.5 Å². The van der Waals surface area contributed by atoms with Gasteiger partial charge in [-0.3, -0.25) is 10.1 Å². The Morgan fingerprint density at radius 1 is 1.20 bits per heavy atom. The Kier molecular flexibility index (Phi) is 2.15. The lowest BCUT2D eigenvalue weighted by molar-refractivity contribution is -0.125. The van der Waals surface area contributed by atoms with Crippen LogP contribution >= 0.6 is 0 Å². The number of hydrogen-bond acceptors (Lipinski definition) is 2. The summed E-state index contributed by atoms with van der Waals surface area (Å²) in [4.78, 5) is 22.0. The average molecular weight is 208 g/mol. The topological polar surface area (TPSA) is 58.2 Å². The van der Waals surface area contributed by atoms with Gasteiger partial charge in [-0.1, -0.05) is 30.3 Å². The number of benzene rings is 1. The van der Waals surface area contributed by atoms with Crippen LogP contribution in [-0.4, -0.2) is 11.9 Å². The van der Waals surface area contributed by atoms with Gasteiger partial charge in [0.2, 0.25) is 11.7 Å². The zero-order valence-corrected chi connectivity index (χ0v) is 7.79. The number of carbonyl (C=O) groups is 2. The van der Waals surface area contributed by atoms with Crippen molar-refractivity contribution in [1.29, 1.82) is 0 Å². The van der Waals surface area contributed by atoms with E-state index in [0.29, 0.717) is 0 Å². The Morgan fingerprint density at radius 2 is 1.87 bits per heavy atom. The Bertz CT molecular complexity index is 389. The first-order chi connectivity index (χ1) is 7.10. The molecule has 1 atom stereocenters. The normalized spacial score (nSPS) is 25.7. The molecule has 1 aromatic carbocycles. The van der Waals surface area contributed by atoms with Gasteiger partial charge >= 0.3 is 6.03 Å². The van der Waals surface area contributed by atoms with Crippen molar-refractivity contribution in [1.82, 2.24) is 10.6 Å². The second-order valence-electron chi connectivity index (χ2n) is 3.35. The van der Waals surface area contributed by atoms with E-state index in [0.717, 1.165) is 0 Å². The predicted molar refractivity (Wildman–Crippen MR) is 50.5 cm³/mol. The van der Waals surface area contributed by atoms with Crippen molar-refractivity contribution >= 4 is 11.9 Å². The van der Waals surface area contributed by atoms with Gasteiger partial charge in [0.1, 0.15) is 0 Å². The zero-order chi connectivity index (χ0) is 10.9. The van der Waals surface area contributed by atoms with Crippen LogP contribution < -0.4 is 10.6 Å². The van der Waals surface area contributed by atoms with E-state index < -0.39 is 24.2 Å². The third-order valence-electron chi connectivity index (χ3n) is 2.20. The molecule has 1 aliphatic rings. The van der Waals surface area contributed by atoms with Crippen LogP contribution in [0.2, 0.25) is 0 Å². The van der Waals surface area contributed by atoms with Crippen molar-refractivity contribution in [2.45, 2.75) is 12.2 Å². The molecule has 0 spiro atoms. The van der Waals surface area contributed by atoms with E-state index in [-0.39, 0.29) is 5.56 Å². The van der Waals surface area contributed by atoms with Crippen molar-refractivity contribution < 1.29 is 14.0 Å². The molecule has 3 amide bonds. The third kappa shape index (κ3) is 1.81. The highest BCUT2D eigenvalue weighted by atomic mass is 19.1. The van der Waals surface area contributed by atoms with E-state index in [1.54, 1.807) is 18.2 Å². The lowest BCUT2D eigenvalue weighted by Gasteiger charge is -2.30. The minimum Gasteiger partial charge on any atom is -0.301 e. The van der Waals surface area contributed by atoms with Crippen LogP contribution in [0.5, 0.6) is 0 Å². The fraction of sp³-hybridized carbons (Fsp3) is 0.200. The molecule has 4 nitrogen and oxygen atoms in total. The van der Waals surface area contributed by atoms with E-state index in [2.05, 4.69) is 5.32 Å². The summed E-state index contributed by atoms with van der Waals surface area (Å²) in [6.07, 6.45) is -0.400. The second kappa shape index (κ2) is 3.34. The summed E-state index contributed by atoms with van der Waals surface area (Å²) in [5.41, 5.74) is 0.271. The van der Waals surface area contributed by atoms with Crippen molar-refractivity contribution in [3.63, 3.8) is 0 Å². The number of imide groups is 1. The number of amides is 3. The van der Waals surface area contributed by atoms with Crippen LogP contribution in [0.1, 0.15) is 12.0 Å². The molecule has 1 saturated heterocycles. The fourth-order valence-corrected chi connectivity index (χ4v) is 1.52. The van der Waals surface area contributed by atoms with Gasteiger partial charge in [0, 0.05) is 5.56 Å². The average Bonchev–Trinajstić information content (AvgIpc) is 2.17. The molecular weight excluding hydrogens is 199 g/mol. The largest absolute Gasteiger partial charge is 0.324 e. The molecule has 5 heteroatoms. The Hall–Kier alpha value is -1.91. The Balaban J connectivity index is 2.34. The van der Waals surface area contributed by atoms with Crippen LogP contribution in [0.4, 0.5) is 9.18 Å². The van der Waals surface area contributed by atoms with E-state index in [9.17, 15) is 14.0 Å². The summed E-state index contributed by atoms with van der Waals surface area (Å²) in [7, 11) is 0. The standard InChI is InChI=1S/C10H9FN2O2/c11-10(7-4-2-1-3-5-7)6-8(14)12-9(15)13-10/h1-5H,6H2,(H2,12,13,14,15). The van der Waals surface area contributed by atoms with Crippen molar-refractivity contribution in [2.75, 3.05) is 0 Å². The zero-order valence-electron chi connectivity index (χ0n) is 7.79. The fourth-order valence-electron chi connectivity index (χ4n) is 1.52. The lowest BCUT2D eigenvalue weighted by atomic mass is 9.99. The van der Waals surface area contributed by atoms with Crippen LogP contribution in [0.3, 0.4) is 0 Å². The molecule has 15 heavy (non-hydrogen) atoms. The summed E-state index contributed by atoms with van der Waals surface area (Å²) in [5.74, 6) is -2.72. The predicted octanol–water partition coefficient (Wildman–Crippen LogP) is 1.04. The molecule has 1 aliphatic heterocycles. The highest BCUT2D eigenvalue weighted by Crippen LogP contribution is 2.28. The van der Waals surface area contributed by atoms with Crippen LogP contribution in [-0.2, 0) is 10.6 Å². The molecule has 1 heterocycles. The molecular formula is C10H9FN2O2. The second-order valence-corrected chi connectivity index (χ2v) is 3.35. The summed E-state index contributed by atoms with van der Waals surface area (Å²) in [6, 6.07) is 7.28. The van der Waals surface area contributed by atoms with E-state index in [1.807, 2.05) is 5.32 Å². The maximum Gasteiger partial charge on any atom is 0.324 e. The molecule has 1 unspecified atom stereocenters. The minimum atomic E-state index is -2.10. The van der Waals surface area contributed by atoms with Gasteiger partial charge in [-0.05, 0) is 0 Å². The van der Waals surface area contributed by atoms with Gasteiger partial charge in [-0.15, -0.1) is 0 Å². The number of urea groups is 1. The molecule has 0 radical (unpaired) electrons. The van der Waals surface area contributed by atoms with Gasteiger partial charge in [0.25, 0.3) is 0 Å². The van der Waals surface area contributed by atoms with E-state index >= 15 is 0 Å². The maximum absolute atomic E-state index is 14.2. The van der Waals surface area contributed by atoms with Gasteiger partial charge in [0.05, 0.1) is 6.42 Å². The monoisotopic (exact) mass is 208 g/mol. The first-order valence-electron chi connectivity index (χ1n) is 4.47. The summed E-state index contributed by atoms with van der Waals surface area (Å²) in [5, 5.41) is 4.08. The number of halogens is 1. The Morgan fingerprint density at radius 3 is 2.47 bits per heavy atom. The van der Waals surface area contributed by atoms with E-state index in [1.165, 1.54) is 12.1 Å². The summed E-state index contributed by atoms with van der Waals surface area (Å²) >= 11 is 0. The molecule has 0 aliphatic carbocycles. The number of alkyl halides is 1. The third-order valence-corrected chi connectivity index (χ3v) is 2.20. The quantitative estimate of drug-likeness (QED) is 0.677. The highest BCUT2D eigenvalue weighted by Gasteiger charge is 2.40. The SMILES string of the molecule is O=C1CC(F)(c2ccccc2)NC(=O)N1. The minimum absolute atomic E-state index is 0.271. The summed E-state index contributed by atoms with van der Waals surface area (Å²) < 4.78 is 14.2. The van der Waals surface area contributed by atoms with Crippen molar-refractivity contribution in [3.05, 3.63) is 35.9 Å². The van der Waals surface area contributed by atoms with Crippen LogP contribution in [0.15, 0.2) is 30.3 Å². The molecule has 2 rings (SSSR count). The first kappa shape index (κ1) is 9.64. The molecule has 2 N–H and O–H groups in total. The number of hydrogen-bond donors (Lipinski definition) is 2. The summed E-state index contributed by atoms with van der Waals surface area (Å²) in [6.45, 7) is 0. The molecule has 1 aromatic rings. The number of carbonyl (C=O) groups excluding carboxylic acids is 2.